The van der Waals surface area contributed by atoms with Crippen LogP contribution in [0.15, 0.2) is 55.2 Å². The van der Waals surface area contributed by atoms with Crippen LogP contribution in [-0.2, 0) is 19.4 Å². The summed E-state index contributed by atoms with van der Waals surface area (Å²) in [5.74, 6) is 0.350. The molecule has 5 nitrogen and oxygen atoms in total. The third kappa shape index (κ3) is 8.82. The minimum Gasteiger partial charge on any atom is -0.366 e. The number of rotatable bonds is 14. The van der Waals surface area contributed by atoms with Gasteiger partial charge in [0.2, 0.25) is 0 Å². The highest BCUT2D eigenvalue weighted by Gasteiger charge is 2.25. The molecule has 4 rings (SSSR count). The standard InChI is InChI=1S/C29H33F4N5/c30-25-13-23(15-34-20-25)18-36-27-10-9-22(16-35-27)12-24-19-38-28-26(24)14-21(17-37-28)8-6-4-2-1-3-5-7-11-29(31,32)33/h9-10,13-17,19-20H,1-8,11-12,18H2,(H,35,36)(H,37,38). The third-order valence-corrected chi connectivity index (χ3v) is 6.55. The molecule has 0 fully saturated rings. The summed E-state index contributed by atoms with van der Waals surface area (Å²) in [5, 5.41) is 4.29. The minimum atomic E-state index is -4.03. The Morgan fingerprint density at radius 3 is 2.29 bits per heavy atom. The Balaban J connectivity index is 1.22. The number of fused-ring (bicyclic) bond motifs is 1. The van der Waals surface area contributed by atoms with Crippen molar-refractivity contribution in [1.29, 1.82) is 0 Å². The van der Waals surface area contributed by atoms with E-state index in [4.69, 9.17) is 0 Å². The lowest BCUT2D eigenvalue weighted by Gasteiger charge is -2.07. The molecular weight excluding hydrogens is 494 g/mol. The molecule has 38 heavy (non-hydrogen) atoms. The van der Waals surface area contributed by atoms with E-state index in [9.17, 15) is 17.6 Å². The van der Waals surface area contributed by atoms with Crippen LogP contribution in [0.5, 0.6) is 0 Å². The first-order valence-electron chi connectivity index (χ1n) is 13.2. The number of H-pyrrole nitrogens is 1. The average Bonchev–Trinajstić information content (AvgIpc) is 3.28. The van der Waals surface area contributed by atoms with Crippen molar-refractivity contribution in [3.05, 3.63) is 83.3 Å². The van der Waals surface area contributed by atoms with Crippen LogP contribution in [0.4, 0.5) is 23.4 Å². The van der Waals surface area contributed by atoms with Crippen molar-refractivity contribution >= 4 is 16.9 Å². The maximum Gasteiger partial charge on any atom is 0.389 e. The summed E-state index contributed by atoms with van der Waals surface area (Å²) in [6.07, 6.45) is 11.4. The number of halogens is 4. The van der Waals surface area contributed by atoms with Crippen LogP contribution in [0.1, 0.15) is 73.6 Å². The summed E-state index contributed by atoms with van der Waals surface area (Å²) in [6.45, 7) is 0.440. The normalized spacial score (nSPS) is 11.8. The summed E-state index contributed by atoms with van der Waals surface area (Å²) in [5.41, 5.74) is 5.02. The Bertz CT molecular complexity index is 1280. The Morgan fingerprint density at radius 2 is 1.55 bits per heavy atom. The molecule has 202 valence electrons. The van der Waals surface area contributed by atoms with E-state index in [1.807, 2.05) is 30.7 Å². The number of hydrogen-bond acceptors (Lipinski definition) is 4. The van der Waals surface area contributed by atoms with Crippen LogP contribution >= 0.6 is 0 Å². The number of unbranched alkanes of at least 4 members (excludes halogenated alkanes) is 6. The lowest BCUT2D eigenvalue weighted by molar-refractivity contribution is -0.135. The fourth-order valence-corrected chi connectivity index (χ4v) is 4.52. The molecule has 4 heterocycles. The highest BCUT2D eigenvalue weighted by atomic mass is 19.4. The van der Waals surface area contributed by atoms with Gasteiger partial charge < -0.3 is 10.3 Å². The van der Waals surface area contributed by atoms with Gasteiger partial charge in [-0.05, 0) is 59.7 Å². The van der Waals surface area contributed by atoms with Crippen LogP contribution in [0, 0.1) is 5.82 Å². The van der Waals surface area contributed by atoms with E-state index in [-0.39, 0.29) is 12.2 Å². The zero-order valence-electron chi connectivity index (χ0n) is 21.3. The van der Waals surface area contributed by atoms with Gasteiger partial charge >= 0.3 is 6.18 Å². The Morgan fingerprint density at radius 1 is 0.789 bits per heavy atom. The predicted octanol–water partition coefficient (Wildman–Crippen LogP) is 7.92. The number of alkyl halides is 3. The highest BCUT2D eigenvalue weighted by Crippen LogP contribution is 2.24. The van der Waals surface area contributed by atoms with Gasteiger partial charge in [0.1, 0.15) is 17.3 Å². The Labute approximate surface area is 220 Å². The molecule has 0 aliphatic rings. The fraction of sp³-hybridized carbons (Fsp3) is 0.414. The molecule has 0 spiro atoms. The summed E-state index contributed by atoms with van der Waals surface area (Å²) in [4.78, 5) is 16.2. The third-order valence-electron chi connectivity index (χ3n) is 6.55. The number of nitrogens with zero attached hydrogens (tertiary/aromatic N) is 3. The van der Waals surface area contributed by atoms with E-state index in [1.54, 1.807) is 6.20 Å². The lowest BCUT2D eigenvalue weighted by atomic mass is 10.0. The molecule has 0 aliphatic carbocycles. The predicted molar refractivity (Wildman–Crippen MR) is 141 cm³/mol. The number of hydrogen-bond donors (Lipinski definition) is 2. The molecule has 0 unspecified atom stereocenters. The molecule has 0 bridgehead atoms. The molecule has 0 radical (unpaired) electrons. The van der Waals surface area contributed by atoms with E-state index in [0.29, 0.717) is 18.8 Å². The van der Waals surface area contributed by atoms with Gasteiger partial charge in [-0.2, -0.15) is 13.2 Å². The van der Waals surface area contributed by atoms with Crippen molar-refractivity contribution < 1.29 is 17.6 Å². The second-order valence-corrected chi connectivity index (χ2v) is 9.74. The number of anilines is 1. The van der Waals surface area contributed by atoms with Crippen LogP contribution < -0.4 is 5.32 Å². The number of aromatic amines is 1. The molecule has 0 saturated heterocycles. The summed E-state index contributed by atoms with van der Waals surface area (Å²) < 4.78 is 49.8. The van der Waals surface area contributed by atoms with E-state index < -0.39 is 12.6 Å². The smallest absolute Gasteiger partial charge is 0.366 e. The molecular formula is C29H33F4N5. The van der Waals surface area contributed by atoms with Crippen LogP contribution in [0.3, 0.4) is 0 Å². The van der Waals surface area contributed by atoms with Crippen molar-refractivity contribution in [3.63, 3.8) is 0 Å². The topological polar surface area (TPSA) is 66.5 Å². The summed E-state index contributed by atoms with van der Waals surface area (Å²) in [7, 11) is 0. The zero-order chi connectivity index (χ0) is 26.8. The minimum absolute atomic E-state index is 0.236. The first-order valence-corrected chi connectivity index (χ1v) is 13.2. The first kappa shape index (κ1) is 27.5. The molecule has 0 aliphatic heterocycles. The van der Waals surface area contributed by atoms with Crippen molar-refractivity contribution in [2.45, 2.75) is 76.9 Å². The van der Waals surface area contributed by atoms with Gasteiger partial charge in [0.25, 0.3) is 0 Å². The van der Waals surface area contributed by atoms with Crippen molar-refractivity contribution in [3.8, 4) is 0 Å². The van der Waals surface area contributed by atoms with Crippen LogP contribution in [0.25, 0.3) is 11.0 Å². The maximum absolute atomic E-state index is 13.3. The van der Waals surface area contributed by atoms with Crippen molar-refractivity contribution in [2.24, 2.45) is 0 Å². The van der Waals surface area contributed by atoms with Crippen LogP contribution in [-0.4, -0.2) is 26.1 Å². The number of nitrogens with one attached hydrogen (secondary N) is 2. The summed E-state index contributed by atoms with van der Waals surface area (Å²) in [6, 6.07) is 7.58. The largest absolute Gasteiger partial charge is 0.389 e. The van der Waals surface area contributed by atoms with Gasteiger partial charge in [0, 0.05) is 49.6 Å². The quantitative estimate of drug-likeness (QED) is 0.129. The van der Waals surface area contributed by atoms with Gasteiger partial charge in [-0.1, -0.05) is 38.2 Å². The van der Waals surface area contributed by atoms with Gasteiger partial charge in [-0.3, -0.25) is 4.98 Å². The second-order valence-electron chi connectivity index (χ2n) is 9.74. The van der Waals surface area contributed by atoms with E-state index in [1.165, 1.54) is 17.8 Å². The SMILES string of the molecule is Fc1cncc(CNc2ccc(Cc3c[nH]c4ncc(CCCCCCCCCC(F)(F)F)cc34)cn2)c1. The van der Waals surface area contributed by atoms with Gasteiger partial charge in [-0.15, -0.1) is 0 Å². The number of aryl methyl sites for hydroxylation is 1. The highest BCUT2D eigenvalue weighted by molar-refractivity contribution is 5.80. The van der Waals surface area contributed by atoms with Crippen LogP contribution in [0.2, 0.25) is 0 Å². The van der Waals surface area contributed by atoms with Crippen molar-refractivity contribution in [1.82, 2.24) is 19.9 Å². The molecule has 0 aromatic carbocycles. The van der Waals surface area contributed by atoms with Gasteiger partial charge in [0.15, 0.2) is 0 Å². The Kier molecular flexibility index (Phi) is 9.67. The van der Waals surface area contributed by atoms with E-state index in [0.717, 1.165) is 72.7 Å². The molecule has 0 atom stereocenters. The molecule has 9 heteroatoms. The maximum atomic E-state index is 13.3. The molecule has 4 aromatic heterocycles. The zero-order valence-corrected chi connectivity index (χ0v) is 21.3. The van der Waals surface area contributed by atoms with Gasteiger partial charge in [-0.25, -0.2) is 14.4 Å². The second kappa shape index (κ2) is 13.3. The van der Waals surface area contributed by atoms with E-state index >= 15 is 0 Å². The Hall–Kier alpha value is -3.49. The van der Waals surface area contributed by atoms with Gasteiger partial charge in [0.05, 0.1) is 6.20 Å². The fourth-order valence-electron chi connectivity index (χ4n) is 4.52. The first-order chi connectivity index (χ1) is 18.4. The van der Waals surface area contributed by atoms with Crippen molar-refractivity contribution in [2.75, 3.05) is 5.32 Å². The average molecular weight is 528 g/mol. The molecule has 2 N–H and O–H groups in total. The lowest BCUT2D eigenvalue weighted by Crippen LogP contribution is -2.06. The molecule has 0 amide bonds. The molecule has 4 aromatic rings. The number of aromatic nitrogens is 4. The summed E-state index contributed by atoms with van der Waals surface area (Å²) >= 11 is 0. The van der Waals surface area contributed by atoms with E-state index in [2.05, 4.69) is 31.3 Å². The number of pyridine rings is 3. The molecule has 0 saturated carbocycles. The monoisotopic (exact) mass is 527 g/mol.